The van der Waals surface area contributed by atoms with Gasteiger partial charge < -0.3 is 4.74 Å². The second-order valence-corrected chi connectivity index (χ2v) is 10.4. The molecule has 4 rings (SSSR count). The highest BCUT2D eigenvalue weighted by molar-refractivity contribution is 8.26. The van der Waals surface area contributed by atoms with Crippen LogP contribution in [0.1, 0.15) is 38.3 Å². The van der Waals surface area contributed by atoms with Crippen LogP contribution in [0, 0.1) is 12.8 Å². The minimum atomic E-state index is -0.0407. The molecule has 0 spiro atoms. The molecular formula is C27H29N3O2S2. The van der Waals surface area contributed by atoms with Crippen molar-refractivity contribution in [3.05, 3.63) is 70.8 Å². The molecule has 2 heterocycles. The Kier molecular flexibility index (Phi) is 7.54. The van der Waals surface area contributed by atoms with Crippen molar-refractivity contribution < 1.29 is 9.53 Å². The summed E-state index contributed by atoms with van der Waals surface area (Å²) < 4.78 is 8.53. The molecule has 1 aliphatic heterocycles. The molecule has 1 aliphatic rings. The molecule has 3 aromatic rings. The molecule has 1 amide bonds. The number of hydrogen-bond acceptors (Lipinski definition) is 5. The van der Waals surface area contributed by atoms with Crippen molar-refractivity contribution >= 4 is 40.3 Å². The molecule has 0 atom stereocenters. The lowest BCUT2D eigenvalue weighted by Gasteiger charge is -2.14. The maximum atomic E-state index is 13.0. The maximum absolute atomic E-state index is 13.0. The van der Waals surface area contributed by atoms with E-state index in [1.54, 1.807) is 4.90 Å². The quantitative estimate of drug-likeness (QED) is 0.266. The number of carbonyl (C=O) groups is 1. The van der Waals surface area contributed by atoms with E-state index in [1.807, 2.05) is 66.3 Å². The number of amides is 1. The number of hydrogen-bond donors (Lipinski definition) is 0. The smallest absolute Gasteiger partial charge is 0.266 e. The van der Waals surface area contributed by atoms with Gasteiger partial charge in [-0.3, -0.25) is 9.69 Å². The molecule has 34 heavy (non-hydrogen) atoms. The van der Waals surface area contributed by atoms with Crippen LogP contribution in [-0.2, 0) is 4.79 Å². The number of ether oxygens (including phenoxy) is 1. The van der Waals surface area contributed by atoms with Crippen LogP contribution in [0.4, 0.5) is 0 Å². The first-order valence-corrected chi connectivity index (χ1v) is 12.7. The molecule has 0 aliphatic carbocycles. The van der Waals surface area contributed by atoms with E-state index in [2.05, 4.69) is 26.8 Å². The van der Waals surface area contributed by atoms with Gasteiger partial charge >= 0.3 is 0 Å². The van der Waals surface area contributed by atoms with Crippen LogP contribution >= 0.6 is 24.0 Å². The first kappa shape index (κ1) is 24.2. The van der Waals surface area contributed by atoms with Gasteiger partial charge in [0.2, 0.25) is 0 Å². The topological polar surface area (TPSA) is 47.4 Å². The van der Waals surface area contributed by atoms with Gasteiger partial charge in [0.25, 0.3) is 5.91 Å². The van der Waals surface area contributed by atoms with Crippen molar-refractivity contribution in [3.8, 4) is 22.7 Å². The van der Waals surface area contributed by atoms with Gasteiger partial charge in [-0.15, -0.1) is 0 Å². The van der Waals surface area contributed by atoms with E-state index < -0.39 is 0 Å². The Morgan fingerprint density at radius 3 is 2.62 bits per heavy atom. The lowest BCUT2D eigenvalue weighted by Crippen LogP contribution is -2.28. The lowest BCUT2D eigenvalue weighted by atomic mass is 10.0. The highest BCUT2D eigenvalue weighted by Gasteiger charge is 2.31. The molecule has 1 saturated heterocycles. The number of thiocarbonyl (C=S) groups is 1. The lowest BCUT2D eigenvalue weighted by molar-refractivity contribution is -0.122. The largest absolute Gasteiger partial charge is 0.493 e. The highest BCUT2D eigenvalue weighted by Crippen LogP contribution is 2.37. The number of aromatic nitrogens is 2. The summed E-state index contributed by atoms with van der Waals surface area (Å²) in [6.07, 6.45) is 4.75. The summed E-state index contributed by atoms with van der Waals surface area (Å²) >= 11 is 6.81. The molecule has 0 N–H and O–H groups in total. The third kappa shape index (κ3) is 5.10. The predicted octanol–water partition coefficient (Wildman–Crippen LogP) is 6.49. The highest BCUT2D eigenvalue weighted by atomic mass is 32.2. The summed E-state index contributed by atoms with van der Waals surface area (Å²) in [7, 11) is 0. The number of benzene rings is 2. The van der Waals surface area contributed by atoms with Gasteiger partial charge in [0, 0.05) is 29.4 Å². The predicted molar refractivity (Wildman–Crippen MR) is 144 cm³/mol. The number of nitrogens with zero attached hydrogens (tertiary/aromatic N) is 3. The van der Waals surface area contributed by atoms with Crippen molar-refractivity contribution in [1.29, 1.82) is 0 Å². The molecule has 2 aromatic carbocycles. The average molecular weight is 492 g/mol. The van der Waals surface area contributed by atoms with E-state index in [9.17, 15) is 4.79 Å². The average Bonchev–Trinajstić information content (AvgIpc) is 3.35. The number of rotatable bonds is 8. The zero-order valence-corrected chi connectivity index (χ0v) is 21.6. The fraction of sp³-hybridized carbons (Fsp3) is 0.296. The zero-order valence-electron chi connectivity index (χ0n) is 19.9. The van der Waals surface area contributed by atoms with Crippen molar-refractivity contribution in [2.24, 2.45) is 5.92 Å². The molecule has 1 aromatic heterocycles. The number of thioether (sulfide) groups is 1. The molecule has 176 valence electrons. The second kappa shape index (κ2) is 10.6. The standard InChI is InChI=1S/C27H29N3O2S2/c1-5-14-29-26(31)24(34-27(29)33)15-20-16-30(21-10-7-6-8-11-21)28-25(20)22-12-9-13-23(19(22)4)32-17-18(2)3/h6-13,15-16,18H,5,14,17H2,1-4H3. The Labute approximate surface area is 210 Å². The van der Waals surface area contributed by atoms with E-state index in [0.29, 0.717) is 28.3 Å². The minimum absolute atomic E-state index is 0.0407. The number of para-hydroxylation sites is 1. The monoisotopic (exact) mass is 491 g/mol. The van der Waals surface area contributed by atoms with Crippen LogP contribution in [0.25, 0.3) is 23.0 Å². The number of carbonyl (C=O) groups excluding carboxylic acids is 1. The summed E-state index contributed by atoms with van der Waals surface area (Å²) in [6.45, 7) is 9.64. The summed E-state index contributed by atoms with van der Waals surface area (Å²) in [5.41, 5.74) is 4.62. The van der Waals surface area contributed by atoms with Crippen molar-refractivity contribution in [2.75, 3.05) is 13.2 Å². The van der Waals surface area contributed by atoms with Gasteiger partial charge in [-0.05, 0) is 43.5 Å². The van der Waals surface area contributed by atoms with Gasteiger partial charge in [0.15, 0.2) is 0 Å². The van der Waals surface area contributed by atoms with Gasteiger partial charge in [-0.2, -0.15) is 5.10 Å². The third-order valence-electron chi connectivity index (χ3n) is 5.48. The third-order valence-corrected chi connectivity index (χ3v) is 6.86. The summed E-state index contributed by atoms with van der Waals surface area (Å²) in [5, 5.41) is 4.94. The fourth-order valence-electron chi connectivity index (χ4n) is 3.76. The van der Waals surface area contributed by atoms with Crippen molar-refractivity contribution in [3.63, 3.8) is 0 Å². The van der Waals surface area contributed by atoms with Gasteiger partial charge in [0.1, 0.15) is 15.8 Å². The first-order chi connectivity index (χ1) is 16.4. The Morgan fingerprint density at radius 2 is 1.91 bits per heavy atom. The Bertz CT molecular complexity index is 1230. The minimum Gasteiger partial charge on any atom is -0.493 e. The first-order valence-electron chi connectivity index (χ1n) is 11.5. The van der Waals surface area contributed by atoms with E-state index in [4.69, 9.17) is 22.1 Å². The van der Waals surface area contributed by atoms with Crippen molar-refractivity contribution in [1.82, 2.24) is 14.7 Å². The van der Waals surface area contributed by atoms with E-state index in [-0.39, 0.29) is 5.91 Å². The summed E-state index contributed by atoms with van der Waals surface area (Å²) in [4.78, 5) is 15.3. The van der Waals surface area contributed by atoms with E-state index >= 15 is 0 Å². The SMILES string of the molecule is CCCN1C(=O)C(=Cc2cn(-c3ccccc3)nc2-c2cccc(OCC(C)C)c2C)SC1=S. The van der Waals surface area contributed by atoms with Crippen LogP contribution in [0.3, 0.4) is 0 Å². The van der Waals surface area contributed by atoms with E-state index in [1.165, 1.54) is 11.8 Å². The Morgan fingerprint density at radius 1 is 1.15 bits per heavy atom. The Balaban J connectivity index is 1.81. The summed E-state index contributed by atoms with van der Waals surface area (Å²) in [6, 6.07) is 16.0. The second-order valence-electron chi connectivity index (χ2n) is 8.68. The van der Waals surface area contributed by atoms with Gasteiger partial charge in [-0.1, -0.05) is 75.1 Å². The molecule has 0 unspecified atom stereocenters. The molecule has 5 nitrogen and oxygen atoms in total. The molecule has 1 fully saturated rings. The van der Waals surface area contributed by atoms with Crippen LogP contribution in [-0.4, -0.2) is 38.1 Å². The van der Waals surface area contributed by atoms with Gasteiger partial charge in [-0.25, -0.2) is 4.68 Å². The molecule has 0 radical (unpaired) electrons. The zero-order chi connectivity index (χ0) is 24.2. The summed E-state index contributed by atoms with van der Waals surface area (Å²) in [5.74, 6) is 1.24. The Hall–Kier alpha value is -2.90. The van der Waals surface area contributed by atoms with Crippen LogP contribution in [0.15, 0.2) is 59.6 Å². The van der Waals surface area contributed by atoms with Crippen molar-refractivity contribution in [2.45, 2.75) is 34.1 Å². The van der Waals surface area contributed by atoms with Gasteiger partial charge in [0.05, 0.1) is 17.2 Å². The normalized spacial score (nSPS) is 15.1. The maximum Gasteiger partial charge on any atom is 0.266 e. The molecular weight excluding hydrogens is 462 g/mol. The van der Waals surface area contributed by atoms with Crippen LogP contribution < -0.4 is 4.74 Å². The van der Waals surface area contributed by atoms with E-state index in [0.717, 1.165) is 40.2 Å². The molecule has 0 saturated carbocycles. The molecule has 7 heteroatoms. The molecule has 0 bridgehead atoms. The van der Waals surface area contributed by atoms with Crippen LogP contribution in [0.5, 0.6) is 5.75 Å². The van der Waals surface area contributed by atoms with Crippen LogP contribution in [0.2, 0.25) is 0 Å². The fourth-order valence-corrected chi connectivity index (χ4v) is 5.06.